The maximum atomic E-state index is 2.46. The molecule has 0 aromatic heterocycles. The van der Waals surface area contributed by atoms with Crippen molar-refractivity contribution in [3.63, 3.8) is 0 Å². The molecule has 2 rings (SSSR count). The summed E-state index contributed by atoms with van der Waals surface area (Å²) in [5, 5.41) is 0. The molecule has 0 heteroatoms. The molecule has 0 unspecified atom stereocenters. The Balaban J connectivity index is 2.22. The van der Waals surface area contributed by atoms with Gasteiger partial charge in [-0.1, -0.05) is 43.6 Å². The number of hydrogen-bond acceptors (Lipinski definition) is 0. The standard InChI is InChI=1S/C15H24/c1-11-5-6-12(2)8-14-10-15(3,4)9-13(14)7-11/h5,12H,6-10H2,1-4H3/b11-5-/t12-/m1/s1. The summed E-state index contributed by atoms with van der Waals surface area (Å²) in [4.78, 5) is 0. The van der Waals surface area contributed by atoms with Gasteiger partial charge in [-0.25, -0.2) is 0 Å². The van der Waals surface area contributed by atoms with Gasteiger partial charge in [-0.15, -0.1) is 0 Å². The van der Waals surface area contributed by atoms with Crippen LogP contribution in [0.5, 0.6) is 0 Å². The molecular weight excluding hydrogens is 180 g/mol. The lowest BCUT2D eigenvalue weighted by atomic mass is 9.87. The summed E-state index contributed by atoms with van der Waals surface area (Å²) in [7, 11) is 0. The number of allylic oxidation sites excluding steroid dienone is 4. The van der Waals surface area contributed by atoms with E-state index in [1.807, 2.05) is 0 Å². The fourth-order valence-electron chi connectivity index (χ4n) is 3.19. The number of hydrogen-bond donors (Lipinski definition) is 0. The van der Waals surface area contributed by atoms with Crippen molar-refractivity contribution in [1.82, 2.24) is 0 Å². The van der Waals surface area contributed by atoms with Gasteiger partial charge in [-0.05, 0) is 50.4 Å². The van der Waals surface area contributed by atoms with Crippen LogP contribution in [0.4, 0.5) is 0 Å². The maximum absolute atomic E-state index is 2.46. The van der Waals surface area contributed by atoms with Gasteiger partial charge in [-0.3, -0.25) is 0 Å². The maximum Gasteiger partial charge on any atom is -0.0108 e. The Morgan fingerprint density at radius 2 is 1.87 bits per heavy atom. The summed E-state index contributed by atoms with van der Waals surface area (Å²) < 4.78 is 0. The Morgan fingerprint density at radius 1 is 1.20 bits per heavy atom. The minimum Gasteiger partial charge on any atom is -0.0850 e. The Labute approximate surface area is 94.5 Å². The molecule has 0 amide bonds. The summed E-state index contributed by atoms with van der Waals surface area (Å²) >= 11 is 0. The molecular formula is C15H24. The molecule has 15 heavy (non-hydrogen) atoms. The molecule has 0 N–H and O–H groups in total. The van der Waals surface area contributed by atoms with Gasteiger partial charge in [0.1, 0.15) is 0 Å². The fraction of sp³-hybridized carbons (Fsp3) is 0.733. The van der Waals surface area contributed by atoms with Crippen molar-refractivity contribution < 1.29 is 0 Å². The second-order valence-corrected chi connectivity index (χ2v) is 6.50. The zero-order valence-corrected chi connectivity index (χ0v) is 10.7. The zero-order valence-electron chi connectivity index (χ0n) is 10.7. The first-order valence-electron chi connectivity index (χ1n) is 6.32. The highest BCUT2D eigenvalue weighted by Gasteiger charge is 2.31. The van der Waals surface area contributed by atoms with Crippen molar-refractivity contribution >= 4 is 0 Å². The predicted octanol–water partition coefficient (Wildman–Crippen LogP) is 4.87. The molecule has 0 bridgehead atoms. The quantitative estimate of drug-likeness (QED) is 0.494. The van der Waals surface area contributed by atoms with E-state index in [2.05, 4.69) is 33.8 Å². The van der Waals surface area contributed by atoms with Crippen LogP contribution in [0.2, 0.25) is 0 Å². The highest BCUT2D eigenvalue weighted by atomic mass is 14.4. The van der Waals surface area contributed by atoms with Crippen molar-refractivity contribution in [3.05, 3.63) is 22.8 Å². The molecule has 0 aliphatic heterocycles. The third-order valence-corrected chi connectivity index (χ3v) is 3.84. The SMILES string of the molecule is C/C1=C/C[C@@H](C)CC2=C(C1)CC(C)(C)C2. The van der Waals surface area contributed by atoms with Crippen LogP contribution in [0, 0.1) is 11.3 Å². The molecule has 84 valence electrons. The van der Waals surface area contributed by atoms with Crippen molar-refractivity contribution in [2.24, 2.45) is 11.3 Å². The van der Waals surface area contributed by atoms with Crippen molar-refractivity contribution in [1.29, 1.82) is 0 Å². The monoisotopic (exact) mass is 204 g/mol. The van der Waals surface area contributed by atoms with Gasteiger partial charge in [0, 0.05) is 0 Å². The summed E-state index contributed by atoms with van der Waals surface area (Å²) in [6.45, 7) is 9.53. The molecule has 2 aliphatic rings. The van der Waals surface area contributed by atoms with E-state index in [1.54, 1.807) is 16.7 Å². The van der Waals surface area contributed by atoms with E-state index in [-0.39, 0.29) is 0 Å². The predicted molar refractivity (Wildman–Crippen MR) is 66.8 cm³/mol. The molecule has 0 saturated carbocycles. The van der Waals surface area contributed by atoms with Crippen LogP contribution in [-0.4, -0.2) is 0 Å². The van der Waals surface area contributed by atoms with Crippen LogP contribution in [0.1, 0.15) is 59.8 Å². The highest BCUT2D eigenvalue weighted by Crippen LogP contribution is 2.46. The van der Waals surface area contributed by atoms with Gasteiger partial charge >= 0.3 is 0 Å². The highest BCUT2D eigenvalue weighted by molar-refractivity contribution is 5.29. The van der Waals surface area contributed by atoms with Gasteiger partial charge < -0.3 is 0 Å². The first-order chi connectivity index (χ1) is 6.96. The van der Waals surface area contributed by atoms with E-state index in [9.17, 15) is 0 Å². The second kappa shape index (κ2) is 3.81. The largest absolute Gasteiger partial charge is 0.0850 e. The molecule has 0 heterocycles. The van der Waals surface area contributed by atoms with Gasteiger partial charge in [0.05, 0.1) is 0 Å². The van der Waals surface area contributed by atoms with Crippen LogP contribution in [0.15, 0.2) is 22.8 Å². The van der Waals surface area contributed by atoms with Crippen molar-refractivity contribution in [3.8, 4) is 0 Å². The lowest BCUT2D eigenvalue weighted by molar-refractivity contribution is 0.382. The summed E-state index contributed by atoms with van der Waals surface area (Å²) in [5.74, 6) is 0.846. The third-order valence-electron chi connectivity index (χ3n) is 3.84. The lowest BCUT2D eigenvalue weighted by Gasteiger charge is -2.18. The molecule has 0 nitrogen and oxygen atoms in total. The smallest absolute Gasteiger partial charge is 0.0108 e. The minimum absolute atomic E-state index is 0.537. The van der Waals surface area contributed by atoms with E-state index < -0.39 is 0 Å². The van der Waals surface area contributed by atoms with Crippen molar-refractivity contribution in [2.45, 2.75) is 59.8 Å². The third kappa shape index (κ3) is 2.53. The Hall–Kier alpha value is -0.520. The van der Waals surface area contributed by atoms with E-state index in [0.29, 0.717) is 5.41 Å². The summed E-state index contributed by atoms with van der Waals surface area (Å²) in [6, 6.07) is 0. The molecule has 2 aliphatic carbocycles. The second-order valence-electron chi connectivity index (χ2n) is 6.50. The van der Waals surface area contributed by atoms with E-state index in [4.69, 9.17) is 0 Å². The average Bonchev–Trinajstić information content (AvgIpc) is 2.35. The van der Waals surface area contributed by atoms with Gasteiger partial charge in [-0.2, -0.15) is 0 Å². The topological polar surface area (TPSA) is 0 Å². The molecule has 0 spiro atoms. The molecule has 0 aromatic carbocycles. The van der Waals surface area contributed by atoms with Gasteiger partial charge in [0.2, 0.25) is 0 Å². The Morgan fingerprint density at radius 3 is 2.60 bits per heavy atom. The molecule has 0 radical (unpaired) electrons. The fourth-order valence-corrected chi connectivity index (χ4v) is 3.19. The summed E-state index contributed by atoms with van der Waals surface area (Å²) in [5.41, 5.74) is 5.68. The lowest BCUT2D eigenvalue weighted by Crippen LogP contribution is -2.05. The van der Waals surface area contributed by atoms with E-state index in [1.165, 1.54) is 32.1 Å². The van der Waals surface area contributed by atoms with Gasteiger partial charge in [0.25, 0.3) is 0 Å². The van der Waals surface area contributed by atoms with Crippen LogP contribution in [0.25, 0.3) is 0 Å². The molecule has 0 saturated heterocycles. The van der Waals surface area contributed by atoms with Crippen LogP contribution < -0.4 is 0 Å². The Kier molecular flexibility index (Phi) is 2.79. The minimum atomic E-state index is 0.537. The molecule has 0 fully saturated rings. The Bertz CT molecular complexity index is 315. The zero-order chi connectivity index (χ0) is 11.1. The van der Waals surface area contributed by atoms with Crippen LogP contribution in [0.3, 0.4) is 0 Å². The normalized spacial score (nSPS) is 34.1. The first-order valence-corrected chi connectivity index (χ1v) is 6.32. The summed E-state index contributed by atoms with van der Waals surface area (Å²) in [6.07, 6.45) is 9.02. The van der Waals surface area contributed by atoms with Crippen molar-refractivity contribution in [2.75, 3.05) is 0 Å². The number of rotatable bonds is 0. The first kappa shape index (κ1) is 11.0. The average molecular weight is 204 g/mol. The van der Waals surface area contributed by atoms with E-state index >= 15 is 0 Å². The van der Waals surface area contributed by atoms with Crippen LogP contribution >= 0.6 is 0 Å². The molecule has 0 aromatic rings. The molecule has 1 atom stereocenters. The van der Waals surface area contributed by atoms with E-state index in [0.717, 1.165) is 5.92 Å². The van der Waals surface area contributed by atoms with Crippen LogP contribution in [-0.2, 0) is 0 Å². The van der Waals surface area contributed by atoms with Gasteiger partial charge in [0.15, 0.2) is 0 Å².